The molecule has 0 aromatic carbocycles. The van der Waals surface area contributed by atoms with Gasteiger partial charge in [0.2, 0.25) is 0 Å². The fraction of sp³-hybridized carbons (Fsp3) is 0.455. The zero-order valence-corrected chi connectivity index (χ0v) is 11.3. The van der Waals surface area contributed by atoms with Crippen LogP contribution in [0.2, 0.25) is 4.34 Å². The third-order valence-electron chi connectivity index (χ3n) is 2.75. The molecule has 1 aromatic heterocycles. The highest BCUT2D eigenvalue weighted by atomic mass is 35.5. The third kappa shape index (κ3) is 2.50. The minimum Gasteiger partial charge on any atom is -0.467 e. The van der Waals surface area contributed by atoms with Gasteiger partial charge in [0.25, 0.3) is 5.91 Å². The number of hydrogen-bond donors (Lipinski definition) is 1. The molecule has 0 aliphatic carbocycles. The van der Waals surface area contributed by atoms with Crippen LogP contribution in [0.25, 0.3) is 0 Å². The lowest BCUT2D eigenvalue weighted by molar-refractivity contribution is -0.148. The molecule has 1 amide bonds. The Labute approximate surface area is 113 Å². The number of nitrogens with one attached hydrogen (secondary N) is 1. The SMILES string of the molecule is COC(=O)C1(NC(=O)c2ccc(Cl)s2)CCOC1. The molecular formula is C11H12ClNO4S. The summed E-state index contributed by atoms with van der Waals surface area (Å²) < 4.78 is 10.4. The van der Waals surface area contributed by atoms with E-state index in [9.17, 15) is 9.59 Å². The summed E-state index contributed by atoms with van der Waals surface area (Å²) in [6.45, 7) is 0.547. The molecule has 1 N–H and O–H groups in total. The first kappa shape index (κ1) is 13.3. The van der Waals surface area contributed by atoms with E-state index < -0.39 is 11.5 Å². The van der Waals surface area contributed by atoms with Crippen molar-refractivity contribution in [2.45, 2.75) is 12.0 Å². The van der Waals surface area contributed by atoms with Gasteiger partial charge < -0.3 is 14.8 Å². The molecule has 2 heterocycles. The van der Waals surface area contributed by atoms with Crippen LogP contribution in [0.15, 0.2) is 12.1 Å². The van der Waals surface area contributed by atoms with E-state index >= 15 is 0 Å². The van der Waals surface area contributed by atoms with Crippen molar-refractivity contribution in [2.24, 2.45) is 0 Å². The Hall–Kier alpha value is -1.11. The van der Waals surface area contributed by atoms with Crippen molar-refractivity contribution in [1.82, 2.24) is 5.32 Å². The molecule has 0 radical (unpaired) electrons. The first-order chi connectivity index (χ1) is 8.57. The first-order valence-electron chi connectivity index (χ1n) is 5.31. The van der Waals surface area contributed by atoms with Gasteiger partial charge in [0.05, 0.1) is 22.9 Å². The molecule has 0 spiro atoms. The topological polar surface area (TPSA) is 64.6 Å². The highest BCUT2D eigenvalue weighted by molar-refractivity contribution is 7.18. The fourth-order valence-electron chi connectivity index (χ4n) is 1.79. The van der Waals surface area contributed by atoms with Crippen LogP contribution in [0.5, 0.6) is 0 Å². The Balaban J connectivity index is 2.15. The maximum absolute atomic E-state index is 12.0. The maximum Gasteiger partial charge on any atom is 0.334 e. The summed E-state index contributed by atoms with van der Waals surface area (Å²) in [6.07, 6.45) is 0.407. The largest absolute Gasteiger partial charge is 0.467 e. The van der Waals surface area contributed by atoms with Crippen LogP contribution >= 0.6 is 22.9 Å². The van der Waals surface area contributed by atoms with Crippen molar-refractivity contribution in [3.05, 3.63) is 21.3 Å². The van der Waals surface area contributed by atoms with Crippen LogP contribution in [0, 0.1) is 0 Å². The molecule has 1 saturated heterocycles. The monoisotopic (exact) mass is 289 g/mol. The summed E-state index contributed by atoms with van der Waals surface area (Å²) in [5.74, 6) is -0.834. The molecule has 5 nitrogen and oxygen atoms in total. The zero-order chi connectivity index (χ0) is 13.2. The lowest BCUT2D eigenvalue weighted by atomic mass is 9.99. The second kappa shape index (κ2) is 5.26. The summed E-state index contributed by atoms with van der Waals surface area (Å²) in [4.78, 5) is 24.2. The number of methoxy groups -OCH3 is 1. The number of ether oxygens (including phenoxy) is 2. The van der Waals surface area contributed by atoms with Crippen molar-refractivity contribution in [3.8, 4) is 0 Å². The molecule has 1 unspecified atom stereocenters. The molecule has 2 rings (SSSR count). The summed E-state index contributed by atoms with van der Waals surface area (Å²) in [7, 11) is 1.29. The van der Waals surface area contributed by atoms with Crippen LogP contribution in [0.3, 0.4) is 0 Å². The van der Waals surface area contributed by atoms with Crippen molar-refractivity contribution >= 4 is 34.8 Å². The minimum absolute atomic E-state index is 0.129. The molecule has 18 heavy (non-hydrogen) atoms. The predicted octanol–water partition coefficient (Wildman–Crippen LogP) is 1.46. The van der Waals surface area contributed by atoms with E-state index in [-0.39, 0.29) is 12.5 Å². The smallest absolute Gasteiger partial charge is 0.334 e. The summed E-state index contributed by atoms with van der Waals surface area (Å²) in [5, 5.41) is 2.69. The number of carbonyl (C=O) groups excluding carboxylic acids is 2. The van der Waals surface area contributed by atoms with Crippen molar-refractivity contribution in [2.75, 3.05) is 20.3 Å². The van der Waals surface area contributed by atoms with Crippen LogP contribution in [-0.2, 0) is 14.3 Å². The Morgan fingerprint density at radius 1 is 1.56 bits per heavy atom. The van der Waals surface area contributed by atoms with Gasteiger partial charge in [0.1, 0.15) is 0 Å². The van der Waals surface area contributed by atoms with Gasteiger partial charge in [-0.25, -0.2) is 4.79 Å². The lowest BCUT2D eigenvalue weighted by Crippen LogP contribution is -2.55. The molecule has 1 fully saturated rings. The van der Waals surface area contributed by atoms with Crippen molar-refractivity contribution in [1.29, 1.82) is 0 Å². The summed E-state index contributed by atoms with van der Waals surface area (Å²) in [5.41, 5.74) is -1.08. The predicted molar refractivity (Wildman–Crippen MR) is 67.0 cm³/mol. The van der Waals surface area contributed by atoms with Gasteiger partial charge in [-0.1, -0.05) is 11.6 Å². The molecule has 1 aliphatic rings. The molecule has 98 valence electrons. The molecule has 0 saturated carbocycles. The number of hydrogen-bond acceptors (Lipinski definition) is 5. The van der Waals surface area contributed by atoms with E-state index in [0.29, 0.717) is 22.2 Å². The summed E-state index contributed by atoms with van der Waals surface area (Å²) in [6, 6.07) is 3.25. The van der Waals surface area contributed by atoms with Crippen LogP contribution < -0.4 is 5.32 Å². The van der Waals surface area contributed by atoms with E-state index in [1.54, 1.807) is 12.1 Å². The van der Waals surface area contributed by atoms with E-state index in [0.717, 1.165) is 11.3 Å². The number of esters is 1. The quantitative estimate of drug-likeness (QED) is 0.856. The van der Waals surface area contributed by atoms with Gasteiger partial charge in [-0.3, -0.25) is 4.79 Å². The summed E-state index contributed by atoms with van der Waals surface area (Å²) >= 11 is 6.93. The van der Waals surface area contributed by atoms with Crippen LogP contribution in [-0.4, -0.2) is 37.7 Å². The third-order valence-corrected chi connectivity index (χ3v) is 3.98. The molecule has 1 aromatic rings. The molecule has 7 heteroatoms. The standard InChI is InChI=1S/C11H12ClNO4S/c1-16-10(15)11(4-5-17-6-11)13-9(14)7-2-3-8(12)18-7/h2-3H,4-6H2,1H3,(H,13,14). The highest BCUT2D eigenvalue weighted by Gasteiger charge is 2.45. The number of halogens is 1. The molecule has 1 atom stereocenters. The van der Waals surface area contributed by atoms with Gasteiger partial charge in [-0.2, -0.15) is 0 Å². The van der Waals surface area contributed by atoms with E-state index in [1.807, 2.05) is 0 Å². The Bertz CT molecular complexity index is 467. The van der Waals surface area contributed by atoms with Crippen LogP contribution in [0.1, 0.15) is 16.1 Å². The number of carbonyl (C=O) groups is 2. The average molecular weight is 290 g/mol. The van der Waals surface area contributed by atoms with E-state index in [2.05, 4.69) is 5.32 Å². The number of thiophene rings is 1. The van der Waals surface area contributed by atoms with Gasteiger partial charge in [-0.05, 0) is 12.1 Å². The first-order valence-corrected chi connectivity index (χ1v) is 6.51. The van der Waals surface area contributed by atoms with E-state index in [4.69, 9.17) is 21.1 Å². The molecule has 1 aliphatic heterocycles. The zero-order valence-electron chi connectivity index (χ0n) is 9.70. The number of amides is 1. The number of rotatable bonds is 3. The van der Waals surface area contributed by atoms with Gasteiger partial charge >= 0.3 is 5.97 Å². The van der Waals surface area contributed by atoms with Crippen LogP contribution in [0.4, 0.5) is 0 Å². The second-order valence-electron chi connectivity index (χ2n) is 3.93. The van der Waals surface area contributed by atoms with Crippen molar-refractivity contribution < 1.29 is 19.1 Å². The second-order valence-corrected chi connectivity index (χ2v) is 5.65. The Morgan fingerprint density at radius 2 is 2.33 bits per heavy atom. The fourth-order valence-corrected chi connectivity index (χ4v) is 2.72. The molecule has 0 bridgehead atoms. The Morgan fingerprint density at radius 3 is 2.83 bits per heavy atom. The maximum atomic E-state index is 12.0. The minimum atomic E-state index is -1.08. The Kier molecular flexibility index (Phi) is 3.89. The van der Waals surface area contributed by atoms with Crippen molar-refractivity contribution in [3.63, 3.8) is 0 Å². The lowest BCUT2D eigenvalue weighted by Gasteiger charge is -2.25. The van der Waals surface area contributed by atoms with Gasteiger partial charge in [0, 0.05) is 13.0 Å². The highest BCUT2D eigenvalue weighted by Crippen LogP contribution is 2.24. The van der Waals surface area contributed by atoms with Gasteiger partial charge in [-0.15, -0.1) is 11.3 Å². The average Bonchev–Trinajstić information content (AvgIpc) is 2.98. The normalized spacial score (nSPS) is 22.8. The van der Waals surface area contributed by atoms with Gasteiger partial charge in [0.15, 0.2) is 5.54 Å². The van der Waals surface area contributed by atoms with E-state index in [1.165, 1.54) is 7.11 Å². The molecular weight excluding hydrogens is 278 g/mol.